The Morgan fingerprint density at radius 2 is 2.25 bits per heavy atom. The summed E-state index contributed by atoms with van der Waals surface area (Å²) in [6, 6.07) is 4.84. The molecule has 1 aliphatic rings. The fourth-order valence-electron chi connectivity index (χ4n) is 2.47. The molecule has 0 atom stereocenters. The lowest BCUT2D eigenvalue weighted by atomic mass is 10.1. The number of aromatic nitrogens is 2. The topological polar surface area (TPSA) is 84.4 Å². The largest absolute Gasteiger partial charge is 0.391 e. The fourth-order valence-corrected chi connectivity index (χ4v) is 2.47. The van der Waals surface area contributed by atoms with Crippen LogP contribution in [-0.2, 0) is 19.7 Å². The number of nitrogens with zero attached hydrogens (tertiary/aromatic N) is 4. The average Bonchev–Trinajstić information content (AvgIpc) is 2.93. The maximum Gasteiger partial charge on any atom is 0.275 e. The summed E-state index contributed by atoms with van der Waals surface area (Å²) in [6.45, 7) is 1.97. The number of imidazole rings is 1. The highest BCUT2D eigenvalue weighted by Crippen LogP contribution is 2.27. The summed E-state index contributed by atoms with van der Waals surface area (Å²) < 4.78 is 2.09. The molecule has 7 heteroatoms. The van der Waals surface area contributed by atoms with Crippen molar-refractivity contribution >= 4 is 11.4 Å². The summed E-state index contributed by atoms with van der Waals surface area (Å²) in [4.78, 5) is 16.8. The number of nitro groups is 1. The molecule has 0 unspecified atom stereocenters. The predicted octanol–water partition coefficient (Wildman–Crippen LogP) is 1.30. The molecule has 1 aromatic heterocycles. The van der Waals surface area contributed by atoms with Gasteiger partial charge < -0.3 is 14.6 Å². The molecule has 0 radical (unpaired) electrons. The van der Waals surface area contributed by atoms with Crippen molar-refractivity contribution < 1.29 is 10.0 Å². The monoisotopic (exact) mass is 274 g/mol. The molecule has 20 heavy (non-hydrogen) atoms. The molecule has 3 rings (SSSR count). The lowest BCUT2D eigenvalue weighted by Gasteiger charge is -2.29. The van der Waals surface area contributed by atoms with Crippen molar-refractivity contribution in [2.24, 2.45) is 0 Å². The lowest BCUT2D eigenvalue weighted by Crippen LogP contribution is -2.33. The normalized spacial score (nSPS) is 14.2. The van der Waals surface area contributed by atoms with Crippen LogP contribution in [0.25, 0.3) is 0 Å². The molecule has 1 aliphatic heterocycles. The summed E-state index contributed by atoms with van der Waals surface area (Å²) in [5, 5.41) is 20.1. The molecule has 0 saturated carbocycles. The Balaban J connectivity index is 1.90. The Kier molecular flexibility index (Phi) is 3.11. The Morgan fingerprint density at radius 1 is 1.40 bits per heavy atom. The zero-order valence-corrected chi connectivity index (χ0v) is 10.8. The van der Waals surface area contributed by atoms with Crippen molar-refractivity contribution in [3.63, 3.8) is 0 Å². The quantitative estimate of drug-likeness (QED) is 0.673. The number of nitro benzene ring substituents is 1. The molecule has 1 aromatic carbocycles. The van der Waals surface area contributed by atoms with Gasteiger partial charge in [0.2, 0.25) is 0 Å². The Morgan fingerprint density at radius 3 is 3.00 bits per heavy atom. The number of hydrogen-bond acceptors (Lipinski definition) is 5. The molecule has 104 valence electrons. The van der Waals surface area contributed by atoms with E-state index < -0.39 is 4.92 Å². The van der Waals surface area contributed by atoms with Crippen LogP contribution in [-0.4, -0.2) is 26.1 Å². The minimum absolute atomic E-state index is 0.0465. The van der Waals surface area contributed by atoms with E-state index in [9.17, 15) is 15.2 Å². The van der Waals surface area contributed by atoms with Gasteiger partial charge in [0.1, 0.15) is 5.82 Å². The lowest BCUT2D eigenvalue weighted by molar-refractivity contribution is -0.385. The number of anilines is 1. The second kappa shape index (κ2) is 4.93. The third kappa shape index (κ3) is 2.12. The van der Waals surface area contributed by atoms with Crippen LogP contribution in [0.3, 0.4) is 0 Å². The summed E-state index contributed by atoms with van der Waals surface area (Å²) >= 11 is 0. The van der Waals surface area contributed by atoms with Crippen LogP contribution >= 0.6 is 0 Å². The average molecular weight is 274 g/mol. The minimum atomic E-state index is -0.474. The maximum atomic E-state index is 10.9. The van der Waals surface area contributed by atoms with Gasteiger partial charge in [0.25, 0.3) is 5.69 Å². The van der Waals surface area contributed by atoms with E-state index >= 15 is 0 Å². The van der Waals surface area contributed by atoms with E-state index in [0.717, 1.165) is 24.6 Å². The second-order valence-electron chi connectivity index (χ2n) is 4.69. The number of fused-ring (bicyclic) bond motifs is 1. The molecule has 0 spiro atoms. The number of hydrogen-bond donors (Lipinski definition) is 1. The maximum absolute atomic E-state index is 10.9. The highest BCUT2D eigenvalue weighted by atomic mass is 16.6. The van der Waals surface area contributed by atoms with Crippen molar-refractivity contribution in [3.8, 4) is 0 Å². The highest BCUT2D eigenvalue weighted by molar-refractivity contribution is 5.55. The highest BCUT2D eigenvalue weighted by Gasteiger charge is 2.20. The molecular weight excluding hydrogens is 260 g/mol. The molecule has 2 aromatic rings. The van der Waals surface area contributed by atoms with Crippen molar-refractivity contribution in [1.82, 2.24) is 9.55 Å². The van der Waals surface area contributed by atoms with Gasteiger partial charge in [-0.15, -0.1) is 0 Å². The SMILES string of the molecule is O=[N+]([O-])c1ccc(N2CCn3ccnc3C2)cc1CO. The van der Waals surface area contributed by atoms with Gasteiger partial charge in [-0.2, -0.15) is 0 Å². The van der Waals surface area contributed by atoms with Crippen LogP contribution in [0.5, 0.6) is 0 Å². The summed E-state index contributed by atoms with van der Waals surface area (Å²) in [5.74, 6) is 0.972. The van der Waals surface area contributed by atoms with Gasteiger partial charge in [-0.25, -0.2) is 4.98 Å². The molecule has 0 bridgehead atoms. The first kappa shape index (κ1) is 12.6. The summed E-state index contributed by atoms with van der Waals surface area (Å²) in [5.41, 5.74) is 1.16. The van der Waals surface area contributed by atoms with Crippen LogP contribution < -0.4 is 4.90 Å². The van der Waals surface area contributed by atoms with Crippen LogP contribution in [0.1, 0.15) is 11.4 Å². The van der Waals surface area contributed by atoms with E-state index in [1.54, 1.807) is 18.3 Å². The molecule has 7 nitrogen and oxygen atoms in total. The smallest absolute Gasteiger partial charge is 0.275 e. The summed E-state index contributed by atoms with van der Waals surface area (Å²) in [6.07, 6.45) is 3.72. The van der Waals surface area contributed by atoms with E-state index in [0.29, 0.717) is 12.1 Å². The first-order valence-corrected chi connectivity index (χ1v) is 6.32. The first-order valence-electron chi connectivity index (χ1n) is 6.32. The second-order valence-corrected chi connectivity index (χ2v) is 4.69. The van der Waals surface area contributed by atoms with Crippen molar-refractivity contribution in [2.75, 3.05) is 11.4 Å². The van der Waals surface area contributed by atoms with E-state index in [1.165, 1.54) is 6.07 Å². The van der Waals surface area contributed by atoms with Crippen molar-refractivity contribution in [3.05, 3.63) is 52.1 Å². The predicted molar refractivity (Wildman–Crippen MR) is 72.3 cm³/mol. The first-order chi connectivity index (χ1) is 9.69. The van der Waals surface area contributed by atoms with Gasteiger partial charge in [-0.1, -0.05) is 0 Å². The summed E-state index contributed by atoms with van der Waals surface area (Å²) in [7, 11) is 0. The fraction of sp³-hybridized carbons (Fsp3) is 0.308. The van der Waals surface area contributed by atoms with E-state index in [4.69, 9.17) is 0 Å². The molecule has 2 heterocycles. The van der Waals surface area contributed by atoms with Gasteiger partial charge in [-0.05, 0) is 12.1 Å². The molecule has 0 saturated heterocycles. The zero-order chi connectivity index (χ0) is 14.1. The van der Waals surface area contributed by atoms with Gasteiger partial charge in [-0.3, -0.25) is 10.1 Å². The third-order valence-corrected chi connectivity index (χ3v) is 3.54. The molecule has 1 N–H and O–H groups in total. The standard InChI is InChI=1S/C13H14N4O3/c18-9-10-7-11(1-2-12(10)17(19)20)16-6-5-15-4-3-14-13(15)8-16/h1-4,7,18H,5-6,8-9H2. The number of rotatable bonds is 3. The van der Waals surface area contributed by atoms with Gasteiger partial charge in [0, 0.05) is 37.2 Å². The van der Waals surface area contributed by atoms with E-state index in [-0.39, 0.29) is 12.3 Å². The molecule has 0 fully saturated rings. The Labute approximate surface area is 115 Å². The van der Waals surface area contributed by atoms with Gasteiger partial charge in [0.05, 0.1) is 23.6 Å². The Hall–Kier alpha value is -2.41. The molecular formula is C13H14N4O3. The number of aliphatic hydroxyl groups is 1. The van der Waals surface area contributed by atoms with Crippen LogP contribution in [0.4, 0.5) is 11.4 Å². The molecule has 0 aliphatic carbocycles. The number of aliphatic hydroxyl groups excluding tert-OH is 1. The van der Waals surface area contributed by atoms with E-state index in [1.807, 2.05) is 6.20 Å². The number of benzene rings is 1. The van der Waals surface area contributed by atoms with E-state index in [2.05, 4.69) is 14.5 Å². The van der Waals surface area contributed by atoms with Gasteiger partial charge in [0.15, 0.2) is 0 Å². The van der Waals surface area contributed by atoms with Crippen molar-refractivity contribution in [1.29, 1.82) is 0 Å². The molecule has 0 amide bonds. The van der Waals surface area contributed by atoms with Crippen LogP contribution in [0.2, 0.25) is 0 Å². The minimum Gasteiger partial charge on any atom is -0.391 e. The Bertz CT molecular complexity index is 653. The zero-order valence-electron chi connectivity index (χ0n) is 10.8. The van der Waals surface area contributed by atoms with Crippen molar-refractivity contribution in [2.45, 2.75) is 19.7 Å². The van der Waals surface area contributed by atoms with Crippen LogP contribution in [0, 0.1) is 10.1 Å². The third-order valence-electron chi connectivity index (χ3n) is 3.54. The van der Waals surface area contributed by atoms with Gasteiger partial charge >= 0.3 is 0 Å². The van der Waals surface area contributed by atoms with Crippen LogP contribution in [0.15, 0.2) is 30.6 Å².